The van der Waals surface area contributed by atoms with Crippen LogP contribution in [0.1, 0.15) is 54.7 Å². The Balaban J connectivity index is 0.000000109. The van der Waals surface area contributed by atoms with E-state index >= 15 is 0 Å². The highest BCUT2D eigenvalue weighted by molar-refractivity contribution is 5.82. The summed E-state index contributed by atoms with van der Waals surface area (Å²) in [5.74, 6) is 5.58. The molecule has 7 aliphatic rings. The lowest BCUT2D eigenvalue weighted by Gasteiger charge is -2.39. The van der Waals surface area contributed by atoms with E-state index in [9.17, 15) is 28.4 Å². The molecular weight excluding hydrogens is 1800 g/mol. The molecule has 3 N–H and O–H groups in total. The minimum atomic E-state index is -0.480. The van der Waals surface area contributed by atoms with E-state index in [1.807, 2.05) is 167 Å². The van der Waals surface area contributed by atoms with Gasteiger partial charge in [-0.25, -0.2) is 34.3 Å². The van der Waals surface area contributed by atoms with Gasteiger partial charge in [-0.05, 0) is 251 Å². The van der Waals surface area contributed by atoms with Gasteiger partial charge in [0, 0.05) is 187 Å². The number of piperazine rings is 1. The minimum Gasteiger partial charge on any atom is -0.494 e. The average Bonchev–Trinajstić information content (AvgIpc) is 1.69. The summed E-state index contributed by atoms with van der Waals surface area (Å²) in [5.41, 5.74) is 21.8. The number of nitrogens with zero attached hydrogens (tertiary/aromatic N) is 16. The number of likely N-dealkylation sites (N-methyl/N-ethyl adjacent to an activating group) is 2. The number of rotatable bonds is 15. The van der Waals surface area contributed by atoms with Gasteiger partial charge in [0.25, 0.3) is 27.8 Å². The molecule has 24 rings (SSSR count). The first-order valence-corrected chi connectivity index (χ1v) is 48.0. The van der Waals surface area contributed by atoms with Gasteiger partial charge in [0.2, 0.25) is 0 Å². The van der Waals surface area contributed by atoms with Crippen LogP contribution in [0, 0.1) is 44.3 Å². The van der Waals surface area contributed by atoms with Gasteiger partial charge in [0.15, 0.2) is 57.5 Å². The third-order valence-electron chi connectivity index (χ3n) is 28.2. The number of pyridine rings is 6. The van der Waals surface area contributed by atoms with Gasteiger partial charge in [-0.2, -0.15) is 0 Å². The summed E-state index contributed by atoms with van der Waals surface area (Å²) in [6.45, 7) is 21.8. The molecule has 5 saturated heterocycles. The highest BCUT2D eigenvalue weighted by Crippen LogP contribution is 2.39. The summed E-state index contributed by atoms with van der Waals surface area (Å²) in [5, 5.41) is 10.1. The standard InChI is InChI=1S/C22H23FN4O2.C22H21N5O2.C22H23N5O2.C22H23N3O3.C22H22N2O3/c1-25-8-7-15-11-26(13-19(15)25)16-4-6-21-24-18(10-22(28)27(21)12-16)14-3-5-20(29-2)17(23)9-14;1-13-24-18-4-2-14(6-20(18)29-13)19-7-22(28)27-12-17(3-5-21(27)25-19)26-10-15-8-23-9-16(15)11-26;1-14-12-26(9-8-25(14)3)17-5-7-21-24-19(11-22(28)27(21)13-17)16-4-6-18-20(10-16)29-15(2)23-18;1-14-10-17(15-6-8-23-9-7-15)13-25-21(26)12-18(24-22(14)25)16-4-5-19(27-2)20(11-16)28-3;1-26-20-6-4-16(12-21(20)27-2)18-11-19-5-3-17(14-24(19)22(25)13-18)15-7-9-23-10-8-15/h3-6,9-10,12,15,19H,7-8,11,13H2,1-2H3;2-7,12,15-16,23H,8-11H2,1H3;4-7,10-11,13-14H,8-9,12H2,1-3H3;4-6,10-13,23H,7-9H2,1-3H3;3-7,11-14,23H,8-10H2,1-2H3/t15-,19+;15-,16+;14-;;/m1.1../s1. The number of halogens is 1. The number of likely N-dealkylation sites (tertiary alicyclic amines) is 1. The van der Waals surface area contributed by atoms with E-state index in [1.165, 1.54) is 43.4 Å². The molecule has 12 aromatic heterocycles. The van der Waals surface area contributed by atoms with Crippen LogP contribution in [-0.4, -0.2) is 215 Å². The van der Waals surface area contributed by atoms with Crippen molar-refractivity contribution in [2.45, 2.75) is 59.0 Å². The Kier molecular flexibility index (Phi) is 26.8. The average molecular weight is 1910 g/mol. The summed E-state index contributed by atoms with van der Waals surface area (Å²) in [6, 6.07) is 56.1. The number of fused-ring (bicyclic) bond motifs is 9. The van der Waals surface area contributed by atoms with Crippen molar-refractivity contribution in [2.24, 2.45) is 17.8 Å². The molecule has 0 aliphatic carbocycles. The molecule has 0 spiro atoms. The molecule has 5 fully saturated rings. The third-order valence-corrected chi connectivity index (χ3v) is 28.2. The molecule has 0 saturated carbocycles. The van der Waals surface area contributed by atoms with Crippen molar-refractivity contribution in [3.63, 3.8) is 0 Å². The molecule has 31 nitrogen and oxygen atoms in total. The molecule has 0 bridgehead atoms. The van der Waals surface area contributed by atoms with Gasteiger partial charge in [0.1, 0.15) is 33.6 Å². The highest BCUT2D eigenvalue weighted by atomic mass is 19.1. The fourth-order valence-corrected chi connectivity index (χ4v) is 20.3. The fourth-order valence-electron chi connectivity index (χ4n) is 20.3. The zero-order chi connectivity index (χ0) is 98.3. The van der Waals surface area contributed by atoms with Crippen molar-refractivity contribution in [3.05, 3.63) is 311 Å². The lowest BCUT2D eigenvalue weighted by molar-refractivity contribution is 0.234. The zero-order valence-electron chi connectivity index (χ0n) is 81.2. The second-order valence-electron chi connectivity index (χ2n) is 37.2. The Hall–Kier alpha value is -15.5. The number of nitrogens with one attached hydrogen (secondary N) is 3. The van der Waals surface area contributed by atoms with Crippen LogP contribution in [0.5, 0.6) is 28.7 Å². The normalized spacial score (nSPS) is 17.9. The Bertz CT molecular complexity index is 7930. The number of anilines is 3. The van der Waals surface area contributed by atoms with Crippen LogP contribution < -0.4 is 82.1 Å². The molecule has 19 heterocycles. The number of aromatic nitrogens is 11. The monoisotopic (exact) mass is 1910 g/mol. The number of hydrogen-bond acceptors (Lipinski definition) is 26. The van der Waals surface area contributed by atoms with E-state index in [0.717, 1.165) is 176 Å². The number of methoxy groups -OCH3 is 5. The molecule has 7 aliphatic heterocycles. The van der Waals surface area contributed by atoms with Crippen LogP contribution in [0.3, 0.4) is 0 Å². The SMILES string of the molecule is COc1ccc(-c2cc(=O)n3cc(C4=CCNCC4)cc(C)c3n2)cc1OC.COc1ccc(-c2cc(=O)n3cc(C4=CCNCC4)ccc3c2)cc1OC.COc1ccc(-c2cc(=O)n3cc(N4C[C@H]5CCN(C)[C@H]5C4)ccc3n2)cc1F.Cc1nc2ccc(-c3cc(=O)n4cc(N5CCN(C)[C@H](C)C5)ccc4n3)cc2o1.Cc1nc2ccc(-c3cc(=O)n4cc(N5C[C@H]6CNC[C@H]6C5)ccc4n3)cc2o1. The maximum Gasteiger partial charge on any atom is 0.258 e. The summed E-state index contributed by atoms with van der Waals surface area (Å²) in [4.78, 5) is 103. The van der Waals surface area contributed by atoms with Crippen molar-refractivity contribution in [3.8, 4) is 84.9 Å². The molecule has 0 unspecified atom stereocenters. The van der Waals surface area contributed by atoms with Crippen molar-refractivity contribution in [2.75, 3.05) is 156 Å². The molecule has 0 amide bonds. The van der Waals surface area contributed by atoms with Crippen LogP contribution in [0.4, 0.5) is 21.5 Å². The van der Waals surface area contributed by atoms with E-state index in [0.29, 0.717) is 127 Å². The van der Waals surface area contributed by atoms with E-state index in [2.05, 4.69) is 107 Å². The number of benzene rings is 5. The van der Waals surface area contributed by atoms with Crippen LogP contribution in [0.2, 0.25) is 0 Å². The number of ether oxygens (including phenoxy) is 5. The van der Waals surface area contributed by atoms with Gasteiger partial charge >= 0.3 is 0 Å². The fraction of sp³-hybridized carbons (Fsp3) is 0.300. The van der Waals surface area contributed by atoms with E-state index in [1.54, 1.807) is 86.8 Å². The zero-order valence-corrected chi connectivity index (χ0v) is 81.2. The van der Waals surface area contributed by atoms with Gasteiger partial charge in [-0.1, -0.05) is 36.4 Å². The second kappa shape index (κ2) is 40.4. The molecule has 17 aromatic rings. The molecule has 5 atom stereocenters. The third kappa shape index (κ3) is 19.6. The lowest BCUT2D eigenvalue weighted by atomic mass is 10.0. The van der Waals surface area contributed by atoms with Crippen molar-refractivity contribution >= 4 is 78.5 Å². The molecule has 726 valence electrons. The molecule has 142 heavy (non-hydrogen) atoms. The second-order valence-corrected chi connectivity index (χ2v) is 37.2. The molecular formula is C110H112FN19O12. The molecule has 32 heteroatoms. The summed E-state index contributed by atoms with van der Waals surface area (Å²) in [7, 11) is 12.1. The predicted molar refractivity (Wildman–Crippen MR) is 553 cm³/mol. The largest absolute Gasteiger partial charge is 0.494 e. The van der Waals surface area contributed by atoms with Gasteiger partial charge in [-0.15, -0.1) is 0 Å². The highest BCUT2D eigenvalue weighted by Gasteiger charge is 2.40. The first-order chi connectivity index (χ1) is 68.9. The van der Waals surface area contributed by atoms with Crippen LogP contribution in [0.25, 0.3) is 118 Å². The first-order valence-electron chi connectivity index (χ1n) is 48.0. The topological polar surface area (TPSA) is 309 Å². The van der Waals surface area contributed by atoms with Gasteiger partial charge in [0.05, 0.1) is 75.4 Å². The Labute approximate surface area is 817 Å². The van der Waals surface area contributed by atoms with Crippen LogP contribution in [0.15, 0.2) is 258 Å². The maximum atomic E-state index is 14.1. The summed E-state index contributed by atoms with van der Waals surface area (Å²) < 4.78 is 59.8. The minimum absolute atomic E-state index is 0.0475. The summed E-state index contributed by atoms with van der Waals surface area (Å²) >= 11 is 0. The molecule has 0 radical (unpaired) electrons. The van der Waals surface area contributed by atoms with Gasteiger partial charge < -0.3 is 73.0 Å². The van der Waals surface area contributed by atoms with Gasteiger partial charge in [-0.3, -0.25) is 46.0 Å². The molecule has 5 aromatic carbocycles. The quantitative estimate of drug-likeness (QED) is 0.0858. The number of hydrogen-bond donors (Lipinski definition) is 3. The van der Waals surface area contributed by atoms with Crippen molar-refractivity contribution in [1.29, 1.82) is 0 Å². The van der Waals surface area contributed by atoms with E-state index in [4.69, 9.17) is 47.5 Å². The Morgan fingerprint density at radius 3 is 1.35 bits per heavy atom. The number of aryl methyl sites for hydroxylation is 3. The van der Waals surface area contributed by atoms with Crippen LogP contribution in [-0.2, 0) is 0 Å². The Morgan fingerprint density at radius 1 is 0.373 bits per heavy atom. The Morgan fingerprint density at radius 2 is 0.831 bits per heavy atom. The van der Waals surface area contributed by atoms with Crippen molar-refractivity contribution < 1.29 is 36.9 Å². The predicted octanol–water partition coefficient (Wildman–Crippen LogP) is 14.5. The first kappa shape index (κ1) is 94.1. The van der Waals surface area contributed by atoms with E-state index in [-0.39, 0.29) is 33.5 Å². The maximum absolute atomic E-state index is 14.1. The van der Waals surface area contributed by atoms with Crippen molar-refractivity contribution in [1.82, 2.24) is 77.7 Å². The number of oxazole rings is 2. The summed E-state index contributed by atoms with van der Waals surface area (Å²) in [6.07, 6.45) is 17.1. The smallest absolute Gasteiger partial charge is 0.258 e. The lowest BCUT2D eigenvalue weighted by Crippen LogP contribution is -2.50. The van der Waals surface area contributed by atoms with Crippen LogP contribution >= 0.6 is 0 Å². The van der Waals surface area contributed by atoms with E-state index < -0.39 is 5.82 Å².